The Morgan fingerprint density at radius 2 is 2.17 bits per heavy atom. The third kappa shape index (κ3) is 4.28. The van der Waals surface area contributed by atoms with E-state index in [4.69, 9.17) is 4.74 Å². The second-order valence-corrected chi connectivity index (χ2v) is 6.30. The second kappa shape index (κ2) is 7.23. The number of hydrogen-bond donors (Lipinski definition) is 1. The highest BCUT2D eigenvalue weighted by Gasteiger charge is 2.23. The average Bonchev–Trinajstić information content (AvgIpc) is 2.95. The van der Waals surface area contributed by atoms with Crippen molar-refractivity contribution >= 4 is 15.9 Å². The molecule has 8 nitrogen and oxygen atoms in total. The van der Waals surface area contributed by atoms with Gasteiger partial charge in [0.05, 0.1) is 19.2 Å². The van der Waals surface area contributed by atoms with Gasteiger partial charge in [-0.25, -0.2) is 18.1 Å². The molecular formula is C14H18N4O4S. The first-order chi connectivity index (χ1) is 11.0. The van der Waals surface area contributed by atoms with Gasteiger partial charge in [0.2, 0.25) is 11.8 Å². The van der Waals surface area contributed by atoms with Gasteiger partial charge in [0.25, 0.3) is 10.0 Å². The Morgan fingerprint density at radius 3 is 2.83 bits per heavy atom. The Balaban J connectivity index is 2.13. The molecule has 2 aromatic rings. The lowest BCUT2D eigenvalue weighted by Crippen LogP contribution is -2.32. The topological polar surface area (TPSA) is 103 Å². The minimum Gasteiger partial charge on any atom is -0.477 e. The fourth-order valence-electron chi connectivity index (χ4n) is 1.92. The third-order valence-electron chi connectivity index (χ3n) is 2.93. The van der Waals surface area contributed by atoms with Crippen LogP contribution in [0.25, 0.3) is 0 Å². The van der Waals surface area contributed by atoms with Gasteiger partial charge in [-0.15, -0.1) is 0 Å². The van der Waals surface area contributed by atoms with E-state index in [1.54, 1.807) is 17.8 Å². The maximum Gasteiger partial charge on any atom is 0.269 e. The number of nitrogens with one attached hydrogen (secondary N) is 1. The number of nitrogens with zero attached hydrogens (tertiary/aromatic N) is 3. The van der Waals surface area contributed by atoms with E-state index in [1.807, 2.05) is 11.6 Å². The molecule has 124 valence electrons. The van der Waals surface area contributed by atoms with Crippen LogP contribution in [0.5, 0.6) is 5.88 Å². The van der Waals surface area contributed by atoms with Crippen LogP contribution in [0.3, 0.4) is 0 Å². The molecule has 0 bridgehead atoms. The van der Waals surface area contributed by atoms with Crippen LogP contribution in [-0.2, 0) is 27.8 Å². The summed E-state index contributed by atoms with van der Waals surface area (Å²) >= 11 is 0. The largest absolute Gasteiger partial charge is 0.477 e. The monoisotopic (exact) mass is 338 g/mol. The maximum absolute atomic E-state index is 12.3. The van der Waals surface area contributed by atoms with Crippen molar-refractivity contribution in [3.63, 3.8) is 0 Å². The van der Waals surface area contributed by atoms with Crippen LogP contribution in [0.4, 0.5) is 0 Å². The van der Waals surface area contributed by atoms with Crippen molar-refractivity contribution in [1.82, 2.24) is 19.5 Å². The summed E-state index contributed by atoms with van der Waals surface area (Å²) in [6, 6.07) is 2.80. The van der Waals surface area contributed by atoms with E-state index in [1.165, 1.54) is 24.5 Å². The fraction of sp³-hybridized carbons (Fsp3) is 0.357. The summed E-state index contributed by atoms with van der Waals surface area (Å²) in [5.74, 6) is -0.680. The molecule has 0 saturated carbocycles. The van der Waals surface area contributed by atoms with Crippen LogP contribution in [0.2, 0.25) is 0 Å². The summed E-state index contributed by atoms with van der Waals surface area (Å²) in [6.45, 7) is 4.57. The van der Waals surface area contributed by atoms with Crippen LogP contribution in [-0.4, -0.2) is 35.7 Å². The minimum absolute atomic E-state index is 0.0332. The molecule has 23 heavy (non-hydrogen) atoms. The normalized spacial score (nSPS) is 11.2. The summed E-state index contributed by atoms with van der Waals surface area (Å²) in [6.07, 6.45) is 4.57. The molecule has 1 amide bonds. The predicted octanol–water partition coefficient (Wildman–Crippen LogP) is 0.744. The molecule has 0 saturated heterocycles. The number of amides is 1. The first kappa shape index (κ1) is 16.9. The van der Waals surface area contributed by atoms with Crippen molar-refractivity contribution < 1.29 is 17.9 Å². The zero-order chi connectivity index (χ0) is 16.9. The van der Waals surface area contributed by atoms with Gasteiger partial charge in [-0.3, -0.25) is 9.48 Å². The molecule has 0 radical (unpaired) electrons. The minimum atomic E-state index is -4.05. The summed E-state index contributed by atoms with van der Waals surface area (Å²) in [5, 5.41) is 4.04. The maximum atomic E-state index is 12.3. The molecular weight excluding hydrogens is 320 g/mol. The molecule has 0 aliphatic rings. The number of aromatic nitrogens is 3. The summed E-state index contributed by atoms with van der Waals surface area (Å²) in [7, 11) is -4.05. The van der Waals surface area contributed by atoms with E-state index < -0.39 is 15.9 Å². The zero-order valence-electron chi connectivity index (χ0n) is 12.9. The van der Waals surface area contributed by atoms with Crippen LogP contribution < -0.4 is 9.46 Å². The molecule has 0 unspecified atom stereocenters. The predicted molar refractivity (Wildman–Crippen MR) is 82.3 cm³/mol. The second-order valence-electron chi connectivity index (χ2n) is 4.65. The van der Waals surface area contributed by atoms with Gasteiger partial charge in [-0.1, -0.05) is 0 Å². The number of hydrogen-bond acceptors (Lipinski definition) is 6. The molecule has 0 aromatic carbocycles. The number of carbonyl (C=O) groups is 1. The summed E-state index contributed by atoms with van der Waals surface area (Å²) < 4.78 is 33.5. The number of pyridine rings is 1. The number of ether oxygens (including phenoxy) is 1. The lowest BCUT2D eigenvalue weighted by molar-refractivity contribution is -0.118. The Kier molecular flexibility index (Phi) is 5.32. The molecule has 2 rings (SSSR count). The van der Waals surface area contributed by atoms with Gasteiger partial charge in [0, 0.05) is 18.9 Å². The van der Waals surface area contributed by atoms with E-state index in [-0.39, 0.29) is 23.8 Å². The average molecular weight is 338 g/mol. The van der Waals surface area contributed by atoms with Gasteiger partial charge in [-0.05, 0) is 31.5 Å². The van der Waals surface area contributed by atoms with Crippen molar-refractivity contribution in [1.29, 1.82) is 0 Å². The van der Waals surface area contributed by atoms with Gasteiger partial charge < -0.3 is 4.74 Å². The molecule has 0 aliphatic heterocycles. The van der Waals surface area contributed by atoms with Crippen molar-refractivity contribution in [2.45, 2.75) is 31.7 Å². The molecule has 2 aromatic heterocycles. The number of sulfonamides is 1. The third-order valence-corrected chi connectivity index (χ3v) is 4.32. The van der Waals surface area contributed by atoms with Crippen molar-refractivity contribution in [3.05, 3.63) is 36.3 Å². The van der Waals surface area contributed by atoms with E-state index in [0.29, 0.717) is 12.1 Å². The number of aryl methyl sites for hydroxylation is 1. The molecule has 0 fully saturated rings. The molecule has 1 N–H and O–H groups in total. The lowest BCUT2D eigenvalue weighted by atomic mass is 10.2. The fourth-order valence-corrected chi connectivity index (χ4v) is 3.00. The van der Waals surface area contributed by atoms with Gasteiger partial charge >= 0.3 is 0 Å². The molecule has 0 aliphatic carbocycles. The SMILES string of the molecule is CCOc1ncccc1S(=O)(=O)NC(=O)Cc1cnn(CC)c1. The van der Waals surface area contributed by atoms with Crippen molar-refractivity contribution in [3.8, 4) is 5.88 Å². The van der Waals surface area contributed by atoms with E-state index in [2.05, 4.69) is 10.1 Å². The summed E-state index contributed by atoms with van der Waals surface area (Å²) in [5.41, 5.74) is 0.635. The Morgan fingerprint density at radius 1 is 1.39 bits per heavy atom. The van der Waals surface area contributed by atoms with Gasteiger partial charge in [-0.2, -0.15) is 5.10 Å². The number of carbonyl (C=O) groups excluding carboxylic acids is 1. The van der Waals surface area contributed by atoms with Crippen LogP contribution in [0.1, 0.15) is 19.4 Å². The van der Waals surface area contributed by atoms with Gasteiger partial charge in [0.1, 0.15) is 4.90 Å². The highest BCUT2D eigenvalue weighted by molar-refractivity contribution is 7.90. The first-order valence-electron chi connectivity index (χ1n) is 7.11. The van der Waals surface area contributed by atoms with Gasteiger partial charge in [0.15, 0.2) is 0 Å². The molecule has 2 heterocycles. The van der Waals surface area contributed by atoms with Crippen LogP contribution in [0, 0.1) is 0 Å². The van der Waals surface area contributed by atoms with E-state index in [0.717, 1.165) is 0 Å². The lowest BCUT2D eigenvalue weighted by Gasteiger charge is -2.10. The van der Waals surface area contributed by atoms with Crippen LogP contribution in [0.15, 0.2) is 35.6 Å². The highest BCUT2D eigenvalue weighted by atomic mass is 32.2. The van der Waals surface area contributed by atoms with E-state index in [9.17, 15) is 13.2 Å². The Labute approximate surface area is 134 Å². The zero-order valence-corrected chi connectivity index (χ0v) is 13.7. The quantitative estimate of drug-likeness (QED) is 0.799. The van der Waals surface area contributed by atoms with Crippen LogP contribution >= 0.6 is 0 Å². The Hall–Kier alpha value is -2.42. The first-order valence-corrected chi connectivity index (χ1v) is 8.59. The Bertz CT molecular complexity index is 786. The molecule has 0 atom stereocenters. The number of rotatable bonds is 7. The standard InChI is InChI=1S/C14H18N4O4S/c1-3-18-10-11(9-16-18)8-13(19)17-23(20,21)12-6-5-7-15-14(12)22-4-2/h5-7,9-10H,3-4,8H2,1-2H3,(H,17,19). The molecule has 0 spiro atoms. The van der Waals surface area contributed by atoms with Crippen molar-refractivity contribution in [2.24, 2.45) is 0 Å². The van der Waals surface area contributed by atoms with E-state index >= 15 is 0 Å². The van der Waals surface area contributed by atoms with Crippen molar-refractivity contribution in [2.75, 3.05) is 6.61 Å². The summed E-state index contributed by atoms with van der Waals surface area (Å²) in [4.78, 5) is 15.7. The molecule has 9 heteroatoms. The highest BCUT2D eigenvalue weighted by Crippen LogP contribution is 2.20. The smallest absolute Gasteiger partial charge is 0.269 e.